The van der Waals surface area contributed by atoms with Crippen molar-refractivity contribution in [1.29, 1.82) is 0 Å². The van der Waals surface area contributed by atoms with Crippen LogP contribution in [0.2, 0.25) is 0 Å². The predicted molar refractivity (Wildman–Crippen MR) is 96.9 cm³/mol. The van der Waals surface area contributed by atoms with Crippen molar-refractivity contribution in [1.82, 2.24) is 5.32 Å². The first-order chi connectivity index (χ1) is 13.8. The van der Waals surface area contributed by atoms with Crippen LogP contribution in [-0.4, -0.2) is 30.9 Å². The molecule has 1 fully saturated rings. The summed E-state index contributed by atoms with van der Waals surface area (Å²) >= 11 is 0. The lowest BCUT2D eigenvalue weighted by Gasteiger charge is -2.19. The summed E-state index contributed by atoms with van der Waals surface area (Å²) in [7, 11) is 0. The molecule has 2 aromatic rings. The Kier molecular flexibility index (Phi) is 6.48. The molecule has 5 nitrogen and oxygen atoms in total. The zero-order valence-corrected chi connectivity index (χ0v) is 15.4. The van der Waals surface area contributed by atoms with Gasteiger partial charge in [-0.3, -0.25) is 9.59 Å². The number of carbonyl (C=O) groups excluding carboxylic acids is 2. The summed E-state index contributed by atoms with van der Waals surface area (Å²) in [5, 5.41) is 4.48. The Morgan fingerprint density at radius 2 is 1.66 bits per heavy atom. The van der Waals surface area contributed by atoms with E-state index in [4.69, 9.17) is 0 Å². The van der Waals surface area contributed by atoms with Gasteiger partial charge in [-0.1, -0.05) is 18.2 Å². The highest BCUT2D eigenvalue weighted by Gasteiger charge is 2.35. The van der Waals surface area contributed by atoms with E-state index < -0.39 is 41.5 Å². The number of nitrogens with one attached hydrogen (secondary N) is 3. The SMILES string of the molecule is O=C(C[NH+](Cc1ccccc1F)C1CC1)NCC(=O)Nc1ccc(F)c(F)c1F. The lowest BCUT2D eigenvalue weighted by Crippen LogP contribution is -3.13. The van der Waals surface area contributed by atoms with Crippen LogP contribution < -0.4 is 15.5 Å². The van der Waals surface area contributed by atoms with E-state index in [0.717, 1.165) is 23.8 Å². The molecule has 2 amide bonds. The molecule has 0 saturated heterocycles. The van der Waals surface area contributed by atoms with Gasteiger partial charge < -0.3 is 15.5 Å². The molecule has 3 N–H and O–H groups in total. The van der Waals surface area contributed by atoms with Crippen molar-refractivity contribution >= 4 is 17.5 Å². The van der Waals surface area contributed by atoms with Gasteiger partial charge in [0.1, 0.15) is 12.4 Å². The maximum atomic E-state index is 13.9. The highest BCUT2D eigenvalue weighted by Crippen LogP contribution is 2.19. The molecule has 0 heterocycles. The van der Waals surface area contributed by atoms with Crippen LogP contribution in [0, 0.1) is 23.3 Å². The fraction of sp³-hybridized carbons (Fsp3) is 0.300. The van der Waals surface area contributed by atoms with Crippen LogP contribution in [0.25, 0.3) is 0 Å². The molecule has 1 aliphatic carbocycles. The second kappa shape index (κ2) is 9.04. The highest BCUT2D eigenvalue weighted by molar-refractivity contribution is 5.94. The number of halogens is 4. The third-order valence-corrected chi connectivity index (χ3v) is 4.67. The summed E-state index contributed by atoms with van der Waals surface area (Å²) in [5.41, 5.74) is -0.0123. The number of quaternary nitrogens is 1. The standard InChI is InChI=1S/C20H19F4N3O2/c21-14-4-2-1-3-12(14)10-27(13-5-6-13)11-18(29)25-9-17(28)26-16-8-7-15(22)19(23)20(16)24/h1-4,7-8,13H,5-6,9-11H2,(H,25,29)(H,26,28)/p+1. The van der Waals surface area contributed by atoms with E-state index in [1.54, 1.807) is 18.2 Å². The minimum absolute atomic E-state index is 0.0474. The zero-order valence-electron chi connectivity index (χ0n) is 15.4. The Labute approximate surface area is 164 Å². The molecule has 0 spiro atoms. The van der Waals surface area contributed by atoms with Crippen LogP contribution in [0.1, 0.15) is 18.4 Å². The molecule has 1 saturated carbocycles. The second-order valence-corrected chi connectivity index (χ2v) is 6.93. The molecule has 1 atom stereocenters. The molecule has 0 radical (unpaired) electrons. The summed E-state index contributed by atoms with van der Waals surface area (Å²) in [4.78, 5) is 25.0. The lowest BCUT2D eigenvalue weighted by atomic mass is 10.2. The minimum Gasteiger partial charge on any atom is -0.342 e. The molecular formula is C20H20F4N3O2+. The van der Waals surface area contributed by atoms with Crippen LogP contribution in [0.15, 0.2) is 36.4 Å². The molecule has 3 rings (SSSR count). The van der Waals surface area contributed by atoms with Crippen molar-refractivity contribution in [3.63, 3.8) is 0 Å². The summed E-state index contributed by atoms with van der Waals surface area (Å²) in [6.07, 6.45) is 1.87. The van der Waals surface area contributed by atoms with E-state index in [2.05, 4.69) is 10.6 Å². The molecule has 2 aromatic carbocycles. The van der Waals surface area contributed by atoms with E-state index in [0.29, 0.717) is 18.2 Å². The predicted octanol–water partition coefficient (Wildman–Crippen LogP) is 1.55. The summed E-state index contributed by atoms with van der Waals surface area (Å²) < 4.78 is 53.5. The third kappa shape index (κ3) is 5.54. The number of amides is 2. The summed E-state index contributed by atoms with van der Waals surface area (Å²) in [5.74, 6) is -6.12. The number of rotatable bonds is 8. The van der Waals surface area contributed by atoms with Gasteiger partial charge in [-0.25, -0.2) is 17.6 Å². The average molecular weight is 410 g/mol. The summed E-state index contributed by atoms with van der Waals surface area (Å²) in [6, 6.07) is 8.18. The van der Waals surface area contributed by atoms with Crippen molar-refractivity contribution < 1.29 is 32.1 Å². The van der Waals surface area contributed by atoms with Crippen molar-refractivity contribution in [2.45, 2.75) is 25.4 Å². The van der Waals surface area contributed by atoms with Gasteiger partial charge >= 0.3 is 0 Å². The molecule has 29 heavy (non-hydrogen) atoms. The van der Waals surface area contributed by atoms with Crippen LogP contribution in [-0.2, 0) is 16.1 Å². The van der Waals surface area contributed by atoms with Crippen molar-refractivity contribution in [2.75, 3.05) is 18.4 Å². The van der Waals surface area contributed by atoms with E-state index >= 15 is 0 Å². The minimum atomic E-state index is -1.69. The van der Waals surface area contributed by atoms with Crippen LogP contribution in [0.5, 0.6) is 0 Å². The summed E-state index contributed by atoms with van der Waals surface area (Å²) in [6.45, 7) is -0.0717. The topological polar surface area (TPSA) is 62.6 Å². The van der Waals surface area contributed by atoms with Gasteiger partial charge in [0.05, 0.1) is 18.3 Å². The Hall–Kier alpha value is -2.94. The van der Waals surface area contributed by atoms with Gasteiger partial charge in [0, 0.05) is 18.4 Å². The maximum Gasteiger partial charge on any atom is 0.275 e. The molecule has 154 valence electrons. The smallest absolute Gasteiger partial charge is 0.275 e. The van der Waals surface area contributed by atoms with E-state index in [9.17, 15) is 27.2 Å². The van der Waals surface area contributed by atoms with Crippen molar-refractivity contribution in [3.05, 3.63) is 65.2 Å². The van der Waals surface area contributed by atoms with Crippen molar-refractivity contribution in [3.8, 4) is 0 Å². The fourth-order valence-corrected chi connectivity index (χ4v) is 2.99. The van der Waals surface area contributed by atoms with Crippen LogP contribution in [0.4, 0.5) is 23.2 Å². The molecule has 0 aliphatic heterocycles. The van der Waals surface area contributed by atoms with E-state index in [-0.39, 0.29) is 18.4 Å². The van der Waals surface area contributed by atoms with Gasteiger partial charge in [-0.15, -0.1) is 0 Å². The third-order valence-electron chi connectivity index (χ3n) is 4.67. The molecule has 0 bridgehead atoms. The number of hydrogen-bond acceptors (Lipinski definition) is 2. The van der Waals surface area contributed by atoms with Crippen LogP contribution >= 0.6 is 0 Å². The monoisotopic (exact) mass is 410 g/mol. The first-order valence-corrected chi connectivity index (χ1v) is 9.13. The van der Waals surface area contributed by atoms with Gasteiger partial charge in [0.2, 0.25) is 5.91 Å². The first kappa shape index (κ1) is 20.8. The Morgan fingerprint density at radius 1 is 0.931 bits per heavy atom. The largest absolute Gasteiger partial charge is 0.342 e. The highest BCUT2D eigenvalue weighted by atomic mass is 19.2. The van der Waals surface area contributed by atoms with Gasteiger partial charge in [-0.2, -0.15) is 0 Å². The van der Waals surface area contributed by atoms with Crippen LogP contribution in [0.3, 0.4) is 0 Å². The number of hydrogen-bond donors (Lipinski definition) is 3. The molecule has 0 aromatic heterocycles. The van der Waals surface area contributed by atoms with E-state index in [1.165, 1.54) is 6.07 Å². The Bertz CT molecular complexity index is 919. The lowest BCUT2D eigenvalue weighted by molar-refractivity contribution is -0.917. The van der Waals surface area contributed by atoms with Gasteiger partial charge in [0.15, 0.2) is 24.0 Å². The van der Waals surface area contributed by atoms with E-state index in [1.807, 2.05) is 0 Å². The fourth-order valence-electron chi connectivity index (χ4n) is 2.99. The van der Waals surface area contributed by atoms with Gasteiger partial charge in [0.25, 0.3) is 5.91 Å². The zero-order chi connectivity index (χ0) is 21.0. The first-order valence-electron chi connectivity index (χ1n) is 9.13. The Morgan fingerprint density at radius 3 is 2.34 bits per heavy atom. The Balaban J connectivity index is 1.51. The van der Waals surface area contributed by atoms with Gasteiger partial charge in [-0.05, 0) is 18.2 Å². The van der Waals surface area contributed by atoms with Crippen molar-refractivity contribution in [2.24, 2.45) is 0 Å². The number of carbonyl (C=O) groups is 2. The normalized spacial score (nSPS) is 14.3. The number of benzene rings is 2. The molecular weight excluding hydrogens is 390 g/mol. The number of anilines is 1. The quantitative estimate of drug-likeness (QED) is 0.457. The molecule has 1 unspecified atom stereocenters. The molecule has 9 heteroatoms. The maximum absolute atomic E-state index is 13.9. The average Bonchev–Trinajstić information content (AvgIpc) is 3.53. The second-order valence-electron chi connectivity index (χ2n) is 6.93. The molecule has 1 aliphatic rings.